The van der Waals surface area contributed by atoms with Crippen molar-refractivity contribution >= 4 is 11.9 Å². The number of carboxylic acids is 1. The standard InChI is InChI=1S/C31H42N2O6/c1-4-6-8-16-32(17-9-7-5-2)28(34)20-33-19-25(23-12-15-26-27(18-23)39-21-38-26)29(31(35)36)30(33)22-10-13-24(37-3)14-11-22/h10-15,18,25,29-30H,4-9,16-17,19-21H2,1-3H3,(H,35,36)/t25-,29-,30+/m1/s1. The van der Waals surface area contributed by atoms with E-state index in [1.54, 1.807) is 7.11 Å². The van der Waals surface area contributed by atoms with E-state index in [1.165, 1.54) is 0 Å². The zero-order valence-corrected chi connectivity index (χ0v) is 23.4. The lowest BCUT2D eigenvalue weighted by molar-refractivity contribution is -0.144. The Bertz CT molecular complexity index is 1090. The van der Waals surface area contributed by atoms with Gasteiger partial charge in [0.2, 0.25) is 12.7 Å². The van der Waals surface area contributed by atoms with Crippen molar-refractivity contribution in [3.8, 4) is 17.2 Å². The summed E-state index contributed by atoms with van der Waals surface area (Å²) in [7, 11) is 1.61. The molecule has 4 rings (SSSR count). The van der Waals surface area contributed by atoms with Crippen molar-refractivity contribution < 1.29 is 28.9 Å². The maximum Gasteiger partial charge on any atom is 0.309 e. The molecule has 2 aromatic carbocycles. The zero-order valence-electron chi connectivity index (χ0n) is 23.4. The van der Waals surface area contributed by atoms with Crippen LogP contribution in [0, 0.1) is 5.92 Å². The predicted octanol–water partition coefficient (Wildman–Crippen LogP) is 5.47. The van der Waals surface area contributed by atoms with Crippen LogP contribution in [0.2, 0.25) is 0 Å². The normalized spacial score (nSPS) is 20.2. The third-order valence-electron chi connectivity index (χ3n) is 7.92. The molecule has 0 aromatic heterocycles. The minimum atomic E-state index is -0.879. The summed E-state index contributed by atoms with van der Waals surface area (Å²) in [5.41, 5.74) is 1.74. The highest BCUT2D eigenvalue weighted by atomic mass is 16.7. The number of rotatable bonds is 14. The number of hydrogen-bond acceptors (Lipinski definition) is 6. The van der Waals surface area contributed by atoms with E-state index >= 15 is 0 Å². The van der Waals surface area contributed by atoms with E-state index in [9.17, 15) is 14.7 Å². The molecule has 1 fully saturated rings. The number of nitrogens with zero attached hydrogens (tertiary/aromatic N) is 2. The van der Waals surface area contributed by atoms with Gasteiger partial charge in [-0.1, -0.05) is 57.7 Å². The lowest BCUT2D eigenvalue weighted by atomic mass is 9.82. The summed E-state index contributed by atoms with van der Waals surface area (Å²) in [4.78, 5) is 30.6. The van der Waals surface area contributed by atoms with Crippen LogP contribution in [0.15, 0.2) is 42.5 Å². The molecule has 8 nitrogen and oxygen atoms in total. The van der Waals surface area contributed by atoms with Gasteiger partial charge in [-0.3, -0.25) is 14.5 Å². The SMILES string of the molecule is CCCCCN(CCCCC)C(=O)CN1C[C@H](c2ccc3c(c2)OCO3)[C@@H](C(=O)O)[C@@H]1c1ccc(OC)cc1. The fraction of sp³-hybridized carbons (Fsp3) is 0.548. The molecule has 2 aromatic rings. The second-order valence-corrected chi connectivity index (χ2v) is 10.5. The number of amides is 1. The summed E-state index contributed by atoms with van der Waals surface area (Å²) < 4.78 is 16.4. The molecule has 2 heterocycles. The van der Waals surface area contributed by atoms with E-state index in [2.05, 4.69) is 18.7 Å². The van der Waals surface area contributed by atoms with Crippen LogP contribution in [-0.2, 0) is 9.59 Å². The number of methoxy groups -OCH3 is 1. The number of aliphatic carboxylic acids is 1. The first kappa shape index (κ1) is 28.7. The van der Waals surface area contributed by atoms with Gasteiger partial charge in [-0.25, -0.2) is 0 Å². The van der Waals surface area contributed by atoms with Gasteiger partial charge < -0.3 is 24.2 Å². The molecule has 0 radical (unpaired) electrons. The number of hydrogen-bond donors (Lipinski definition) is 1. The van der Waals surface area contributed by atoms with Crippen LogP contribution in [0.25, 0.3) is 0 Å². The first-order valence-electron chi connectivity index (χ1n) is 14.2. The Balaban J connectivity index is 1.64. The quantitative estimate of drug-likeness (QED) is 0.319. The molecule has 2 aliphatic heterocycles. The van der Waals surface area contributed by atoms with Gasteiger partial charge in [0.25, 0.3) is 0 Å². The third-order valence-corrected chi connectivity index (χ3v) is 7.92. The Morgan fingerprint density at radius 1 is 0.949 bits per heavy atom. The van der Waals surface area contributed by atoms with Crippen molar-refractivity contribution in [3.05, 3.63) is 53.6 Å². The van der Waals surface area contributed by atoms with Gasteiger partial charge in [0, 0.05) is 31.6 Å². The smallest absolute Gasteiger partial charge is 0.309 e. The van der Waals surface area contributed by atoms with Crippen molar-refractivity contribution in [1.82, 2.24) is 9.80 Å². The monoisotopic (exact) mass is 538 g/mol. The van der Waals surface area contributed by atoms with Crippen LogP contribution < -0.4 is 14.2 Å². The summed E-state index contributed by atoms with van der Waals surface area (Å²) in [5.74, 6) is 0.136. The zero-order chi connectivity index (χ0) is 27.8. The number of carbonyl (C=O) groups excluding carboxylic acids is 1. The summed E-state index contributed by atoms with van der Waals surface area (Å²) in [6.07, 6.45) is 6.33. The molecule has 0 bridgehead atoms. The Labute approximate surface area is 231 Å². The molecule has 0 aliphatic carbocycles. The number of unbranched alkanes of at least 4 members (excludes halogenated alkanes) is 4. The predicted molar refractivity (Wildman–Crippen MR) is 149 cm³/mol. The van der Waals surface area contributed by atoms with Crippen LogP contribution in [-0.4, -0.2) is 66.9 Å². The van der Waals surface area contributed by atoms with E-state index in [-0.39, 0.29) is 25.2 Å². The molecule has 0 saturated carbocycles. The van der Waals surface area contributed by atoms with Crippen LogP contribution in [0.4, 0.5) is 0 Å². The van der Waals surface area contributed by atoms with Crippen molar-refractivity contribution in [2.75, 3.05) is 40.1 Å². The Morgan fingerprint density at radius 3 is 2.21 bits per heavy atom. The average Bonchev–Trinajstić information content (AvgIpc) is 3.56. The number of benzene rings is 2. The Kier molecular flexibility index (Phi) is 10.1. The molecule has 1 amide bonds. The van der Waals surface area contributed by atoms with Crippen molar-refractivity contribution in [3.63, 3.8) is 0 Å². The van der Waals surface area contributed by atoms with Gasteiger partial charge in [-0.05, 0) is 48.2 Å². The minimum Gasteiger partial charge on any atom is -0.497 e. The van der Waals surface area contributed by atoms with Crippen LogP contribution >= 0.6 is 0 Å². The summed E-state index contributed by atoms with van der Waals surface area (Å²) in [5, 5.41) is 10.5. The lowest BCUT2D eigenvalue weighted by Gasteiger charge is -2.30. The molecule has 39 heavy (non-hydrogen) atoms. The molecule has 2 aliphatic rings. The van der Waals surface area contributed by atoms with Gasteiger partial charge in [0.15, 0.2) is 11.5 Å². The first-order chi connectivity index (χ1) is 19.0. The maximum atomic E-state index is 13.7. The molecule has 1 saturated heterocycles. The summed E-state index contributed by atoms with van der Waals surface area (Å²) in [6.45, 7) is 6.60. The Morgan fingerprint density at radius 2 is 1.59 bits per heavy atom. The highest BCUT2D eigenvalue weighted by Gasteiger charge is 2.48. The van der Waals surface area contributed by atoms with E-state index < -0.39 is 17.9 Å². The van der Waals surface area contributed by atoms with Crippen molar-refractivity contribution in [1.29, 1.82) is 0 Å². The number of likely N-dealkylation sites (tertiary alicyclic amines) is 1. The van der Waals surface area contributed by atoms with Crippen molar-refractivity contribution in [2.24, 2.45) is 5.92 Å². The largest absolute Gasteiger partial charge is 0.497 e. The van der Waals surface area contributed by atoms with E-state index in [0.29, 0.717) is 23.8 Å². The highest BCUT2D eigenvalue weighted by Crippen LogP contribution is 2.47. The topological polar surface area (TPSA) is 88.5 Å². The van der Waals surface area contributed by atoms with E-state index in [0.717, 1.165) is 62.7 Å². The van der Waals surface area contributed by atoms with Crippen LogP contribution in [0.1, 0.15) is 75.5 Å². The second-order valence-electron chi connectivity index (χ2n) is 10.5. The minimum absolute atomic E-state index is 0.0659. The fourth-order valence-corrected chi connectivity index (χ4v) is 5.81. The fourth-order valence-electron chi connectivity index (χ4n) is 5.81. The average molecular weight is 539 g/mol. The number of carboxylic acid groups (broad SMARTS) is 1. The second kappa shape index (κ2) is 13.7. The van der Waals surface area contributed by atoms with Gasteiger partial charge in [-0.15, -0.1) is 0 Å². The van der Waals surface area contributed by atoms with Crippen LogP contribution in [0.3, 0.4) is 0 Å². The van der Waals surface area contributed by atoms with Gasteiger partial charge in [0.1, 0.15) is 5.75 Å². The van der Waals surface area contributed by atoms with Gasteiger partial charge >= 0.3 is 5.97 Å². The molecular weight excluding hydrogens is 496 g/mol. The first-order valence-corrected chi connectivity index (χ1v) is 14.2. The molecule has 1 N–H and O–H groups in total. The number of ether oxygens (including phenoxy) is 3. The van der Waals surface area contributed by atoms with Crippen LogP contribution in [0.5, 0.6) is 17.2 Å². The number of fused-ring (bicyclic) bond motifs is 1. The molecule has 0 unspecified atom stereocenters. The van der Waals surface area contributed by atoms with Crippen molar-refractivity contribution in [2.45, 2.75) is 64.3 Å². The van der Waals surface area contributed by atoms with E-state index in [4.69, 9.17) is 14.2 Å². The molecular formula is C31H42N2O6. The highest BCUT2D eigenvalue weighted by molar-refractivity contribution is 5.79. The van der Waals surface area contributed by atoms with E-state index in [1.807, 2.05) is 47.4 Å². The maximum absolute atomic E-state index is 13.7. The molecule has 212 valence electrons. The molecule has 3 atom stereocenters. The summed E-state index contributed by atoms with van der Waals surface area (Å²) in [6, 6.07) is 12.7. The van der Waals surface area contributed by atoms with Gasteiger partial charge in [0.05, 0.1) is 19.6 Å². The molecule has 0 spiro atoms. The van der Waals surface area contributed by atoms with Gasteiger partial charge in [-0.2, -0.15) is 0 Å². The lowest BCUT2D eigenvalue weighted by Crippen LogP contribution is -2.42. The Hall–Kier alpha value is -3.26. The number of carbonyl (C=O) groups is 2. The summed E-state index contributed by atoms with van der Waals surface area (Å²) >= 11 is 0. The third kappa shape index (κ3) is 6.85. The molecule has 8 heteroatoms.